The second-order valence-electron chi connectivity index (χ2n) is 5.22. The van der Waals surface area contributed by atoms with E-state index in [0.29, 0.717) is 5.69 Å². The van der Waals surface area contributed by atoms with Gasteiger partial charge in [0.05, 0.1) is 23.2 Å². The van der Waals surface area contributed by atoms with Crippen LogP contribution < -0.4 is 9.73 Å². The molecule has 7 nitrogen and oxygen atoms in total. The number of hydrogen-bond acceptors (Lipinski definition) is 5. The molecule has 0 aliphatic rings. The van der Waals surface area contributed by atoms with Gasteiger partial charge in [0.15, 0.2) is 0 Å². The van der Waals surface area contributed by atoms with E-state index in [9.17, 15) is 18.3 Å². The molecule has 0 unspecified atom stereocenters. The number of carbonyl (C=O) groups is 1. The van der Waals surface area contributed by atoms with Gasteiger partial charge >= 0.3 is 0 Å². The lowest BCUT2D eigenvalue weighted by atomic mass is 10.2. The second kappa shape index (κ2) is 8.39. The number of carbonyl (C=O) groups excluding carboxylic acids is 1. The van der Waals surface area contributed by atoms with Crippen molar-refractivity contribution in [3.05, 3.63) is 58.1 Å². The summed E-state index contributed by atoms with van der Waals surface area (Å²) < 4.78 is 24.8. The maximum absolute atomic E-state index is 12.0. The number of halogens is 2. The number of nitrogens with zero attached hydrogens (tertiary/aromatic N) is 2. The van der Waals surface area contributed by atoms with Gasteiger partial charge in [-0.15, -0.1) is 0 Å². The first-order valence-electron chi connectivity index (χ1n) is 7.21. The van der Waals surface area contributed by atoms with Gasteiger partial charge in [-0.05, 0) is 24.3 Å². The molecule has 138 valence electrons. The molecule has 2 aromatic carbocycles. The van der Waals surface area contributed by atoms with Crippen LogP contribution in [0.4, 0.5) is 5.69 Å². The SMILES string of the molecule is CS(=O)(=O)N(CC(=O)N/N=C\c1cc(Cl)cc(Cl)c1O)c1ccccc1. The number of anilines is 1. The van der Waals surface area contributed by atoms with Gasteiger partial charge in [0.2, 0.25) is 10.0 Å². The highest BCUT2D eigenvalue weighted by molar-refractivity contribution is 7.92. The predicted molar refractivity (Wildman–Crippen MR) is 102 cm³/mol. The van der Waals surface area contributed by atoms with E-state index in [-0.39, 0.29) is 21.4 Å². The van der Waals surface area contributed by atoms with Crippen molar-refractivity contribution in [2.24, 2.45) is 5.10 Å². The third kappa shape index (κ3) is 5.35. The van der Waals surface area contributed by atoms with E-state index < -0.39 is 22.5 Å². The zero-order chi connectivity index (χ0) is 19.3. The Morgan fingerprint density at radius 2 is 1.92 bits per heavy atom. The summed E-state index contributed by atoms with van der Waals surface area (Å²) >= 11 is 11.6. The third-order valence-electron chi connectivity index (χ3n) is 3.18. The van der Waals surface area contributed by atoms with E-state index in [1.165, 1.54) is 12.1 Å². The predicted octanol–water partition coefficient (Wildman–Crippen LogP) is 2.62. The Morgan fingerprint density at radius 1 is 1.27 bits per heavy atom. The molecule has 0 fully saturated rings. The van der Waals surface area contributed by atoms with Gasteiger partial charge in [-0.3, -0.25) is 9.10 Å². The maximum atomic E-state index is 12.0. The Morgan fingerprint density at radius 3 is 2.54 bits per heavy atom. The van der Waals surface area contributed by atoms with Crippen molar-refractivity contribution in [2.45, 2.75) is 0 Å². The minimum absolute atomic E-state index is 0.0394. The molecule has 0 radical (unpaired) electrons. The quantitative estimate of drug-likeness (QED) is 0.559. The molecule has 1 amide bonds. The first-order valence-corrected chi connectivity index (χ1v) is 9.81. The van der Waals surface area contributed by atoms with Crippen molar-refractivity contribution in [1.82, 2.24) is 5.43 Å². The standard InChI is InChI=1S/C16H15Cl2N3O4S/c1-26(24,25)21(13-5-3-2-4-6-13)10-15(22)20-19-9-11-7-12(17)8-14(18)16(11)23/h2-9,23H,10H2,1H3,(H,20,22)/b19-9-. The molecular weight excluding hydrogens is 401 g/mol. The molecule has 26 heavy (non-hydrogen) atoms. The van der Waals surface area contributed by atoms with E-state index in [0.717, 1.165) is 16.8 Å². The summed E-state index contributed by atoms with van der Waals surface area (Å²) in [6.07, 6.45) is 2.15. The fourth-order valence-corrected chi connectivity index (χ4v) is 3.38. The molecule has 0 aromatic heterocycles. The summed E-state index contributed by atoms with van der Waals surface area (Å²) in [5.74, 6) is -0.903. The number of hydrazone groups is 1. The molecule has 0 bridgehead atoms. The van der Waals surface area contributed by atoms with Crippen LogP contribution in [0, 0.1) is 0 Å². The van der Waals surface area contributed by atoms with E-state index in [1.54, 1.807) is 30.3 Å². The zero-order valence-corrected chi connectivity index (χ0v) is 15.9. The van der Waals surface area contributed by atoms with Crippen LogP contribution in [0.25, 0.3) is 0 Å². The Bertz CT molecular complexity index is 934. The average molecular weight is 416 g/mol. The molecule has 0 aliphatic heterocycles. The number of rotatable bonds is 6. The number of phenolic OH excluding ortho intramolecular Hbond substituents is 1. The van der Waals surface area contributed by atoms with Crippen LogP contribution in [0.2, 0.25) is 10.0 Å². The molecule has 2 N–H and O–H groups in total. The lowest BCUT2D eigenvalue weighted by Crippen LogP contribution is -2.38. The van der Waals surface area contributed by atoms with Crippen molar-refractivity contribution in [2.75, 3.05) is 17.1 Å². The van der Waals surface area contributed by atoms with Gasteiger partial charge in [-0.2, -0.15) is 5.10 Å². The number of sulfonamides is 1. The highest BCUT2D eigenvalue weighted by Gasteiger charge is 2.20. The number of amides is 1. The monoisotopic (exact) mass is 415 g/mol. The van der Waals surface area contributed by atoms with Crippen LogP contribution in [-0.4, -0.2) is 38.4 Å². The Hall–Kier alpha value is -2.29. The summed E-state index contributed by atoms with van der Waals surface area (Å²) in [4.78, 5) is 12.0. The minimum atomic E-state index is -3.66. The first-order chi connectivity index (χ1) is 12.2. The molecule has 0 spiro atoms. The number of para-hydroxylation sites is 1. The molecule has 0 saturated heterocycles. The van der Waals surface area contributed by atoms with Crippen LogP contribution in [0.3, 0.4) is 0 Å². The lowest BCUT2D eigenvalue weighted by Gasteiger charge is -2.21. The van der Waals surface area contributed by atoms with Crippen LogP contribution in [0.15, 0.2) is 47.6 Å². The average Bonchev–Trinajstić information content (AvgIpc) is 2.56. The molecule has 0 heterocycles. The minimum Gasteiger partial charge on any atom is -0.506 e. The largest absolute Gasteiger partial charge is 0.506 e. The Kier molecular flexibility index (Phi) is 6.47. The maximum Gasteiger partial charge on any atom is 0.260 e. The van der Waals surface area contributed by atoms with E-state index in [1.807, 2.05) is 0 Å². The van der Waals surface area contributed by atoms with Gasteiger partial charge < -0.3 is 5.11 Å². The summed E-state index contributed by atoms with van der Waals surface area (Å²) in [6.45, 7) is -0.456. The van der Waals surface area contributed by atoms with E-state index >= 15 is 0 Å². The fraction of sp³-hybridized carbons (Fsp3) is 0.125. The van der Waals surface area contributed by atoms with Crippen molar-refractivity contribution in [3.63, 3.8) is 0 Å². The number of phenols is 1. The summed E-state index contributed by atoms with van der Waals surface area (Å²) in [6, 6.07) is 11.0. The normalized spacial score (nSPS) is 11.5. The molecular formula is C16H15Cl2N3O4S. The highest BCUT2D eigenvalue weighted by Crippen LogP contribution is 2.29. The third-order valence-corrected chi connectivity index (χ3v) is 4.83. The zero-order valence-electron chi connectivity index (χ0n) is 13.6. The smallest absolute Gasteiger partial charge is 0.260 e. The fourth-order valence-electron chi connectivity index (χ4n) is 2.02. The van der Waals surface area contributed by atoms with Crippen molar-refractivity contribution < 1.29 is 18.3 Å². The molecule has 0 atom stereocenters. The van der Waals surface area contributed by atoms with E-state index in [4.69, 9.17) is 23.2 Å². The van der Waals surface area contributed by atoms with Gasteiger partial charge in [0, 0.05) is 10.6 Å². The van der Waals surface area contributed by atoms with Gasteiger partial charge in [-0.1, -0.05) is 41.4 Å². The van der Waals surface area contributed by atoms with Crippen LogP contribution in [-0.2, 0) is 14.8 Å². The van der Waals surface area contributed by atoms with Crippen LogP contribution in [0.5, 0.6) is 5.75 Å². The van der Waals surface area contributed by atoms with E-state index in [2.05, 4.69) is 10.5 Å². The van der Waals surface area contributed by atoms with Gasteiger partial charge in [0.1, 0.15) is 12.3 Å². The van der Waals surface area contributed by atoms with Crippen molar-refractivity contribution in [3.8, 4) is 5.75 Å². The number of benzene rings is 2. The molecule has 0 aliphatic carbocycles. The number of nitrogens with one attached hydrogen (secondary N) is 1. The molecule has 10 heteroatoms. The second-order valence-corrected chi connectivity index (χ2v) is 7.97. The lowest BCUT2D eigenvalue weighted by molar-refractivity contribution is -0.119. The molecule has 2 rings (SSSR count). The van der Waals surface area contributed by atoms with Crippen molar-refractivity contribution in [1.29, 1.82) is 0 Å². The Labute approximate surface area is 160 Å². The summed E-state index contributed by atoms with van der Waals surface area (Å²) in [7, 11) is -3.66. The summed E-state index contributed by atoms with van der Waals surface area (Å²) in [5.41, 5.74) is 2.75. The number of aromatic hydroxyl groups is 1. The van der Waals surface area contributed by atoms with Crippen LogP contribution >= 0.6 is 23.2 Å². The molecule has 2 aromatic rings. The topological polar surface area (TPSA) is 99.1 Å². The van der Waals surface area contributed by atoms with Gasteiger partial charge in [-0.25, -0.2) is 13.8 Å². The Balaban J connectivity index is 2.10. The summed E-state index contributed by atoms with van der Waals surface area (Å²) in [5, 5.41) is 13.8. The van der Waals surface area contributed by atoms with Crippen molar-refractivity contribution >= 4 is 51.0 Å². The highest BCUT2D eigenvalue weighted by atomic mass is 35.5. The van der Waals surface area contributed by atoms with Crippen LogP contribution in [0.1, 0.15) is 5.56 Å². The molecule has 0 saturated carbocycles. The number of hydrogen-bond donors (Lipinski definition) is 2. The first kappa shape index (κ1) is 20.0. The van der Waals surface area contributed by atoms with Gasteiger partial charge in [0.25, 0.3) is 5.91 Å².